The number of hydrogen-bond acceptors (Lipinski definition) is 5. The molecule has 3 aliphatic rings. The first-order chi connectivity index (χ1) is 19.5. The topological polar surface area (TPSA) is 42.0 Å². The Labute approximate surface area is 240 Å². The summed E-state index contributed by atoms with van der Waals surface area (Å²) in [5.74, 6) is 1.93. The standard InChI is InChI=1S/C35H46N2O3/c1-27-7-3-5-19-36(27)21-23-39-33-15-9-29(10-16-33)25-31-13-14-32(35(31)38)26-30-11-17-34(18-12-30)40-24-22-37-20-6-4-8-28(37)2/h9-12,15-18,25-28H,3-8,13-14,19-24H2,1-2H3/b31-25+,32-26+. The SMILES string of the molecule is CC1CCCCN1CCOc1ccc(/C=C2\CC/C(=C\c3ccc(OCCN4CCCCC4C)cc3)C2=O)cc1. The van der Waals surface area contributed by atoms with Crippen molar-refractivity contribution in [3.8, 4) is 11.5 Å². The lowest BCUT2D eigenvalue weighted by Gasteiger charge is -2.33. The summed E-state index contributed by atoms with van der Waals surface area (Å²) in [6.45, 7) is 10.4. The molecule has 1 saturated carbocycles. The maximum absolute atomic E-state index is 13.1. The first-order valence-electron chi connectivity index (χ1n) is 15.4. The summed E-state index contributed by atoms with van der Waals surface area (Å²) in [7, 11) is 0. The van der Waals surface area contributed by atoms with E-state index in [2.05, 4.69) is 23.6 Å². The maximum Gasteiger partial charge on any atom is 0.185 e. The van der Waals surface area contributed by atoms with Crippen LogP contribution in [0.3, 0.4) is 0 Å². The van der Waals surface area contributed by atoms with Gasteiger partial charge in [0.1, 0.15) is 24.7 Å². The van der Waals surface area contributed by atoms with Gasteiger partial charge in [0.15, 0.2) is 5.78 Å². The molecule has 0 radical (unpaired) electrons. The van der Waals surface area contributed by atoms with Crippen molar-refractivity contribution in [3.63, 3.8) is 0 Å². The van der Waals surface area contributed by atoms with Crippen molar-refractivity contribution in [2.45, 2.75) is 77.3 Å². The number of hydrogen-bond donors (Lipinski definition) is 0. The molecule has 214 valence electrons. The van der Waals surface area contributed by atoms with E-state index >= 15 is 0 Å². The fourth-order valence-corrected chi connectivity index (χ4v) is 6.24. The normalized spacial score (nSPS) is 24.6. The number of Topliss-reactive ketones (excluding diaryl/α,β-unsaturated/α-hetero) is 1. The number of rotatable bonds is 10. The largest absolute Gasteiger partial charge is 0.492 e. The van der Waals surface area contributed by atoms with Gasteiger partial charge in [0.05, 0.1) is 0 Å². The number of allylic oxidation sites excluding steroid dienone is 2. The Balaban J connectivity index is 1.09. The fraction of sp³-hybridized carbons (Fsp3) is 0.514. The number of piperidine rings is 2. The molecule has 0 N–H and O–H groups in total. The van der Waals surface area contributed by atoms with Gasteiger partial charge in [-0.15, -0.1) is 0 Å². The average Bonchev–Trinajstić information content (AvgIpc) is 3.31. The van der Waals surface area contributed by atoms with Crippen LogP contribution < -0.4 is 9.47 Å². The minimum absolute atomic E-state index is 0.159. The fourth-order valence-electron chi connectivity index (χ4n) is 6.24. The summed E-state index contributed by atoms with van der Waals surface area (Å²) >= 11 is 0. The van der Waals surface area contributed by atoms with Gasteiger partial charge in [0.25, 0.3) is 0 Å². The van der Waals surface area contributed by atoms with E-state index in [4.69, 9.17) is 9.47 Å². The Bertz CT molecular complexity index is 1080. The number of benzene rings is 2. The van der Waals surface area contributed by atoms with Crippen LogP contribution in [0.1, 0.15) is 76.3 Å². The number of carbonyl (C=O) groups excluding carboxylic acids is 1. The molecule has 0 bridgehead atoms. The second kappa shape index (κ2) is 14.1. The van der Waals surface area contributed by atoms with Gasteiger partial charge in [0.2, 0.25) is 0 Å². The van der Waals surface area contributed by atoms with Crippen LogP contribution >= 0.6 is 0 Å². The van der Waals surface area contributed by atoms with Crippen molar-refractivity contribution in [2.24, 2.45) is 0 Å². The lowest BCUT2D eigenvalue weighted by molar-refractivity contribution is -0.111. The van der Waals surface area contributed by atoms with Crippen LogP contribution in [0.25, 0.3) is 12.2 Å². The molecule has 2 aromatic rings. The van der Waals surface area contributed by atoms with Gasteiger partial charge in [-0.2, -0.15) is 0 Å². The summed E-state index contributed by atoms with van der Waals surface area (Å²) in [6.07, 6.45) is 13.5. The molecule has 5 heteroatoms. The Morgan fingerprint density at radius 3 is 1.50 bits per heavy atom. The number of nitrogens with zero attached hydrogens (tertiary/aromatic N) is 2. The highest BCUT2D eigenvalue weighted by Gasteiger charge is 2.23. The second-order valence-corrected chi connectivity index (χ2v) is 11.8. The van der Waals surface area contributed by atoms with Crippen molar-refractivity contribution < 1.29 is 14.3 Å². The van der Waals surface area contributed by atoms with E-state index < -0.39 is 0 Å². The Kier molecular flexibility index (Phi) is 10.1. The zero-order valence-electron chi connectivity index (χ0n) is 24.4. The van der Waals surface area contributed by atoms with E-state index in [-0.39, 0.29) is 5.78 Å². The number of ketones is 1. The van der Waals surface area contributed by atoms with Gasteiger partial charge in [0, 0.05) is 36.3 Å². The molecule has 5 rings (SSSR count). The predicted molar refractivity (Wildman–Crippen MR) is 164 cm³/mol. The smallest absolute Gasteiger partial charge is 0.185 e. The monoisotopic (exact) mass is 542 g/mol. The Hall–Kier alpha value is -2.89. The molecule has 1 aliphatic carbocycles. The average molecular weight is 543 g/mol. The highest BCUT2D eigenvalue weighted by Crippen LogP contribution is 2.30. The number of ether oxygens (including phenoxy) is 2. The third-order valence-corrected chi connectivity index (χ3v) is 8.86. The molecule has 2 heterocycles. The molecule has 3 fully saturated rings. The summed E-state index contributed by atoms with van der Waals surface area (Å²) in [4.78, 5) is 18.1. The summed E-state index contributed by atoms with van der Waals surface area (Å²) in [5.41, 5.74) is 3.85. The Morgan fingerprint density at radius 1 is 0.675 bits per heavy atom. The minimum atomic E-state index is 0.159. The molecule has 2 saturated heterocycles. The van der Waals surface area contributed by atoms with E-state index in [0.717, 1.165) is 59.7 Å². The third kappa shape index (κ3) is 7.86. The van der Waals surface area contributed by atoms with E-state index in [1.165, 1.54) is 51.6 Å². The van der Waals surface area contributed by atoms with Crippen LogP contribution in [0.15, 0.2) is 59.7 Å². The van der Waals surface area contributed by atoms with Gasteiger partial charge in [-0.3, -0.25) is 14.6 Å². The molecule has 0 aromatic heterocycles. The quantitative estimate of drug-likeness (QED) is 0.302. The number of carbonyl (C=O) groups is 1. The molecule has 0 amide bonds. The maximum atomic E-state index is 13.1. The van der Waals surface area contributed by atoms with Gasteiger partial charge in [-0.1, -0.05) is 37.1 Å². The van der Waals surface area contributed by atoms with E-state index in [0.29, 0.717) is 25.3 Å². The second-order valence-electron chi connectivity index (χ2n) is 11.8. The zero-order chi connectivity index (χ0) is 27.7. The molecule has 2 aliphatic heterocycles. The van der Waals surface area contributed by atoms with Crippen molar-refractivity contribution in [1.82, 2.24) is 9.80 Å². The van der Waals surface area contributed by atoms with Crippen LogP contribution in [0, 0.1) is 0 Å². The van der Waals surface area contributed by atoms with Crippen molar-refractivity contribution in [1.29, 1.82) is 0 Å². The van der Waals surface area contributed by atoms with Crippen LogP contribution in [-0.2, 0) is 4.79 Å². The van der Waals surface area contributed by atoms with Crippen molar-refractivity contribution in [3.05, 3.63) is 70.8 Å². The van der Waals surface area contributed by atoms with Gasteiger partial charge in [-0.25, -0.2) is 0 Å². The lowest BCUT2D eigenvalue weighted by atomic mass is 10.0. The summed E-state index contributed by atoms with van der Waals surface area (Å²) in [6, 6.07) is 17.6. The lowest BCUT2D eigenvalue weighted by Crippen LogP contribution is -2.39. The van der Waals surface area contributed by atoms with Crippen LogP contribution in [0.2, 0.25) is 0 Å². The van der Waals surface area contributed by atoms with Crippen LogP contribution in [-0.4, -0.2) is 67.1 Å². The van der Waals surface area contributed by atoms with Gasteiger partial charge >= 0.3 is 0 Å². The van der Waals surface area contributed by atoms with E-state index in [9.17, 15) is 4.79 Å². The van der Waals surface area contributed by atoms with Gasteiger partial charge < -0.3 is 9.47 Å². The molecule has 2 atom stereocenters. The third-order valence-electron chi connectivity index (χ3n) is 8.86. The molecule has 2 aromatic carbocycles. The molecule has 40 heavy (non-hydrogen) atoms. The molecular formula is C35H46N2O3. The first-order valence-corrected chi connectivity index (χ1v) is 15.4. The molecular weight excluding hydrogens is 496 g/mol. The highest BCUT2D eigenvalue weighted by molar-refractivity contribution is 6.15. The van der Waals surface area contributed by atoms with Gasteiger partial charge in [-0.05, 0) is 113 Å². The first kappa shape index (κ1) is 28.6. The highest BCUT2D eigenvalue weighted by atomic mass is 16.5. The molecule has 0 spiro atoms. The Morgan fingerprint density at radius 2 is 1.10 bits per heavy atom. The number of likely N-dealkylation sites (tertiary alicyclic amines) is 2. The van der Waals surface area contributed by atoms with Crippen LogP contribution in [0.5, 0.6) is 11.5 Å². The van der Waals surface area contributed by atoms with E-state index in [1.807, 2.05) is 60.7 Å². The van der Waals surface area contributed by atoms with Crippen molar-refractivity contribution >= 4 is 17.9 Å². The summed E-state index contributed by atoms with van der Waals surface area (Å²) < 4.78 is 12.0. The molecule has 2 unspecified atom stereocenters. The zero-order valence-corrected chi connectivity index (χ0v) is 24.4. The minimum Gasteiger partial charge on any atom is -0.492 e. The predicted octanol–water partition coefficient (Wildman–Crippen LogP) is 7.02. The van der Waals surface area contributed by atoms with Crippen LogP contribution in [0.4, 0.5) is 0 Å². The summed E-state index contributed by atoms with van der Waals surface area (Å²) in [5, 5.41) is 0. The van der Waals surface area contributed by atoms with E-state index in [1.54, 1.807) is 0 Å². The molecule has 5 nitrogen and oxygen atoms in total. The van der Waals surface area contributed by atoms with Crippen molar-refractivity contribution in [2.75, 3.05) is 39.4 Å².